The summed E-state index contributed by atoms with van der Waals surface area (Å²) in [6.07, 6.45) is -1.37. The summed E-state index contributed by atoms with van der Waals surface area (Å²) >= 11 is 6.14. The average Bonchev–Trinajstić information content (AvgIpc) is 3.94. The van der Waals surface area contributed by atoms with Crippen molar-refractivity contribution in [2.24, 2.45) is 11.8 Å². The van der Waals surface area contributed by atoms with Crippen molar-refractivity contribution in [3.63, 3.8) is 0 Å². The van der Waals surface area contributed by atoms with E-state index in [4.69, 9.17) is 43.2 Å². The number of carbonyl (C=O) groups is 1. The maximum absolute atomic E-state index is 13.4. The average molecular weight is 1020 g/mol. The molecule has 9 atom stereocenters. The van der Waals surface area contributed by atoms with Gasteiger partial charge >= 0.3 is 32.1 Å². The van der Waals surface area contributed by atoms with Crippen molar-refractivity contribution in [3.8, 4) is 6.07 Å². The number of nitrogens with zero attached hydrogens (tertiary/aromatic N) is 7. The summed E-state index contributed by atoms with van der Waals surface area (Å²) in [5, 5.41) is 26.4. The zero-order valence-corrected chi connectivity index (χ0v) is 43.4. The van der Waals surface area contributed by atoms with E-state index in [2.05, 4.69) is 40.5 Å². The highest BCUT2D eigenvalue weighted by atomic mass is 32.5. The van der Waals surface area contributed by atoms with Crippen LogP contribution in [0.5, 0.6) is 0 Å². The number of hydrogen-bond acceptors (Lipinski definition) is 20. The number of aliphatic hydroxyl groups excluding tert-OH is 1. The second-order valence-corrected chi connectivity index (χ2v) is 30.1. The first kappa shape index (κ1) is 53.9. The number of amides is 1. The van der Waals surface area contributed by atoms with E-state index in [1.165, 1.54) is 23.5 Å². The number of aliphatic hydroxyl groups is 1. The number of rotatable bonds is 24. The molecule has 2 unspecified atom stereocenters. The molecule has 0 aromatic carbocycles. The number of nitrogens with one attached hydrogen (secondary N) is 3. The molecule has 366 valence electrons. The Bertz CT molecular complexity index is 2260. The number of aromatic amines is 1. The third-order valence-corrected chi connectivity index (χ3v) is 24.2. The van der Waals surface area contributed by atoms with Gasteiger partial charge in [-0.3, -0.25) is 29.0 Å². The van der Waals surface area contributed by atoms with Crippen LogP contribution in [0, 0.1) is 23.2 Å². The topological polar surface area (TPSA) is 310 Å². The molecular weight excluding hydrogens is 955 g/mol. The van der Waals surface area contributed by atoms with Gasteiger partial charge in [-0.2, -0.15) is 10.2 Å². The van der Waals surface area contributed by atoms with E-state index >= 15 is 0 Å². The maximum atomic E-state index is 13.4. The molecule has 0 radical (unpaired) electrons. The number of H-pyrrole nitrogens is 1. The Morgan fingerprint density at radius 1 is 1.06 bits per heavy atom. The van der Waals surface area contributed by atoms with Crippen molar-refractivity contribution in [3.05, 3.63) is 29.3 Å². The van der Waals surface area contributed by atoms with Crippen LogP contribution in [0.1, 0.15) is 94.7 Å². The number of hydrogen-bond donors (Lipinski definition) is 6. The van der Waals surface area contributed by atoms with Gasteiger partial charge in [-0.1, -0.05) is 69.2 Å². The molecule has 1 aliphatic heterocycles. The van der Waals surface area contributed by atoms with E-state index in [0.29, 0.717) is 12.4 Å². The predicted molar refractivity (Wildman–Crippen MR) is 249 cm³/mol. The molecule has 28 heteroatoms. The van der Waals surface area contributed by atoms with Gasteiger partial charge in [0.1, 0.15) is 37.1 Å². The minimum absolute atomic E-state index is 0.0250. The molecule has 0 spiro atoms. The quantitative estimate of drug-likeness (QED) is 0.0382. The van der Waals surface area contributed by atoms with Crippen molar-refractivity contribution in [2.45, 2.75) is 147 Å². The molecule has 2 fully saturated rings. The monoisotopic (exact) mass is 1020 g/mol. The third-order valence-electron chi connectivity index (χ3n) is 11.7. The highest BCUT2D eigenvalue weighted by Gasteiger charge is 2.60. The van der Waals surface area contributed by atoms with Gasteiger partial charge in [-0.05, 0) is 46.8 Å². The van der Waals surface area contributed by atoms with Gasteiger partial charge in [-0.25, -0.2) is 19.9 Å². The molecule has 4 heterocycles. The zero-order chi connectivity index (χ0) is 48.7. The lowest BCUT2D eigenvalue weighted by molar-refractivity contribution is -0.118. The van der Waals surface area contributed by atoms with Crippen LogP contribution in [-0.4, -0.2) is 123 Å². The number of nitriles is 1. The Morgan fingerprint density at radius 3 is 2.30 bits per heavy atom. The van der Waals surface area contributed by atoms with Crippen molar-refractivity contribution in [1.82, 2.24) is 34.5 Å². The van der Waals surface area contributed by atoms with E-state index in [-0.39, 0.29) is 71.4 Å². The van der Waals surface area contributed by atoms with Crippen LogP contribution >= 0.6 is 15.0 Å². The Kier molecular flexibility index (Phi) is 18.8. The molecule has 0 bridgehead atoms. The summed E-state index contributed by atoms with van der Waals surface area (Å²) in [5.41, 5.74) is -1.84. The number of anilines is 2. The lowest BCUT2D eigenvalue weighted by Gasteiger charge is -2.47. The number of imidazole rings is 1. The molecule has 66 heavy (non-hydrogen) atoms. The molecular formula is C38H63N10O13P2SSi2+. The van der Waals surface area contributed by atoms with Crippen LogP contribution in [0.25, 0.3) is 11.2 Å². The van der Waals surface area contributed by atoms with Crippen LogP contribution in [-0.2, 0) is 52.5 Å². The van der Waals surface area contributed by atoms with Crippen LogP contribution in [0.15, 0.2) is 23.8 Å². The first-order valence-electron chi connectivity index (χ1n) is 21.9. The minimum atomic E-state index is -4.05. The van der Waals surface area contributed by atoms with Gasteiger partial charge in [0.2, 0.25) is 17.8 Å². The molecule has 2 aliphatic rings. The fraction of sp³-hybridized carbons (Fsp3) is 0.737. The number of fused-ring (bicyclic) bond motifs is 1. The van der Waals surface area contributed by atoms with Gasteiger partial charge < -0.3 is 37.5 Å². The Balaban J connectivity index is 1.62. The molecule has 6 N–H and O–H groups in total. The van der Waals surface area contributed by atoms with Gasteiger partial charge in [0, 0.05) is 22.4 Å². The Labute approximate surface area is 391 Å². The smallest absolute Gasteiger partial charge is 0.414 e. The molecule has 1 amide bonds. The molecule has 3 aromatic heterocycles. The summed E-state index contributed by atoms with van der Waals surface area (Å²) in [6, 6.07) is 1.71. The maximum Gasteiger partial charge on any atom is 0.695 e. The molecule has 1 saturated heterocycles. The summed E-state index contributed by atoms with van der Waals surface area (Å²) < 4.78 is 59.3. The van der Waals surface area contributed by atoms with Gasteiger partial charge in [0.15, 0.2) is 17.4 Å². The van der Waals surface area contributed by atoms with Crippen molar-refractivity contribution in [1.29, 1.82) is 5.26 Å². The second kappa shape index (κ2) is 23.0. The van der Waals surface area contributed by atoms with Gasteiger partial charge in [-0.15, -0.1) is 9.42 Å². The van der Waals surface area contributed by atoms with Crippen molar-refractivity contribution < 1.29 is 55.5 Å². The molecule has 1 saturated carbocycles. The normalized spacial score (nSPS) is 23.9. The van der Waals surface area contributed by atoms with Gasteiger partial charge in [0.05, 0.1) is 38.6 Å². The lowest BCUT2D eigenvalue weighted by Crippen LogP contribution is -2.62. The SMILES string of the molecule is CC(C)C(=O)Nc1nc2c(ncn2[C@@H]2O[C@H](CO)[C@@H](O[Si](O[Si](O)(C(C)C)C(C)C)(C(C)C)C(C)C)[C@H]2OP(=S)(OCCC#N)OC[C@H]2C[C@@H](Nc3ncncn3)C[C@@H]2O[P+](=O)O)c(=O)[nH]1. The Morgan fingerprint density at radius 2 is 1.73 bits per heavy atom. The predicted octanol–water partition coefficient (Wildman–Crippen LogP) is 5.19. The van der Waals surface area contributed by atoms with Gasteiger partial charge in [0.25, 0.3) is 5.56 Å². The summed E-state index contributed by atoms with van der Waals surface area (Å²) in [7, 11) is -10.2. The van der Waals surface area contributed by atoms with Crippen LogP contribution in [0.3, 0.4) is 0 Å². The first-order valence-corrected chi connectivity index (χ1v) is 29.5. The van der Waals surface area contributed by atoms with Crippen LogP contribution < -0.4 is 16.2 Å². The summed E-state index contributed by atoms with van der Waals surface area (Å²) in [4.78, 5) is 71.8. The third kappa shape index (κ3) is 12.6. The molecule has 3 aromatic rings. The summed E-state index contributed by atoms with van der Waals surface area (Å²) in [5.74, 6) is -1.27. The highest BCUT2D eigenvalue weighted by molar-refractivity contribution is 8.07. The number of aromatic nitrogens is 7. The fourth-order valence-corrected chi connectivity index (χ4v) is 20.6. The Hall–Kier alpha value is -3.10. The molecule has 1 aliphatic carbocycles. The minimum Gasteiger partial charge on any atom is -0.414 e. The zero-order valence-electron chi connectivity index (χ0n) is 38.8. The summed E-state index contributed by atoms with van der Waals surface area (Å²) in [6.45, 7) is 13.7. The lowest BCUT2D eigenvalue weighted by atomic mass is 10.1. The fourth-order valence-electron chi connectivity index (χ4n) is 8.09. The number of ether oxygens (including phenoxy) is 1. The van der Waals surface area contributed by atoms with E-state index in [1.54, 1.807) is 13.8 Å². The van der Waals surface area contributed by atoms with Crippen LogP contribution in [0.2, 0.25) is 22.2 Å². The molecule has 23 nitrogen and oxygen atoms in total. The van der Waals surface area contributed by atoms with E-state index in [9.17, 15) is 34.2 Å². The van der Waals surface area contributed by atoms with Crippen molar-refractivity contribution >= 4 is 72.9 Å². The highest BCUT2D eigenvalue weighted by Crippen LogP contribution is 2.56. The number of carbonyl (C=O) groups excluding carboxylic acids is 1. The molecule has 5 rings (SSSR count). The first-order chi connectivity index (χ1) is 31.1. The standard InChI is InChI=1S/C38H62N10O13P2SSi2/c1-21(2)34(50)46-38-45-33-30(35(51)47-38)43-20-48(33)36-32(31(29(16-49)57-36)60-66(24(7)8,25(9)10)61-65(54,22(3)4)23(5)6)59-63(64,55-13-11-12-39)56-17-26-14-27(15-28(26)58-62(52)53)44-37-41-18-40-19-42-37/h18-29,31-32,36,49,54H,11,13-17H2,1-10H3,(H3-,40,41,42,44,45,46,47,50,51,52,53)/p+1/t26-,27-,28+,29-,31-,32-,36-,63?/m1/s1. The largest absolute Gasteiger partial charge is 0.695 e. The van der Waals surface area contributed by atoms with E-state index < -0.39 is 92.6 Å². The van der Waals surface area contributed by atoms with E-state index in [0.717, 1.165) is 0 Å². The second-order valence-electron chi connectivity index (χ2n) is 17.9. The van der Waals surface area contributed by atoms with E-state index in [1.807, 2.05) is 61.5 Å². The van der Waals surface area contributed by atoms with Crippen LogP contribution in [0.4, 0.5) is 11.9 Å². The van der Waals surface area contributed by atoms with Crippen molar-refractivity contribution in [2.75, 3.05) is 30.5 Å².